The summed E-state index contributed by atoms with van der Waals surface area (Å²) in [7, 11) is 0. The number of esters is 5. The Balaban J connectivity index is -0.000000750. The Kier molecular flexibility index (Phi) is 61.8. The minimum absolute atomic E-state index is 0.00413. The topological polar surface area (TPSA) is 264 Å². The average Bonchev–Trinajstić information content (AvgIpc) is 0.861. The van der Waals surface area contributed by atoms with E-state index in [2.05, 4.69) is 234 Å². The van der Waals surface area contributed by atoms with Crippen molar-refractivity contribution in [2.45, 2.75) is 465 Å². The Bertz CT molecular complexity index is 3950. The molecule has 0 bridgehead atoms. The van der Waals surface area contributed by atoms with Gasteiger partial charge in [-0.05, 0) is 337 Å². The van der Waals surface area contributed by atoms with Crippen molar-refractivity contribution >= 4 is 82.2 Å². The molecule has 0 spiro atoms. The van der Waals surface area contributed by atoms with Crippen molar-refractivity contribution in [1.82, 2.24) is 21.3 Å². The van der Waals surface area contributed by atoms with Crippen molar-refractivity contribution in [2.75, 3.05) is 48.4 Å². The van der Waals surface area contributed by atoms with Gasteiger partial charge in [0.2, 0.25) is 5.91 Å². The maximum absolute atomic E-state index is 12.3. The molecule has 796 valence electrons. The van der Waals surface area contributed by atoms with E-state index in [9.17, 15) is 38.4 Å². The van der Waals surface area contributed by atoms with Crippen LogP contribution in [0.5, 0.6) is 0 Å². The molecule has 0 aliphatic rings. The summed E-state index contributed by atoms with van der Waals surface area (Å²) in [6.45, 7) is 101. The van der Waals surface area contributed by atoms with Crippen LogP contribution in [-0.4, -0.2) is 130 Å². The van der Waals surface area contributed by atoms with Crippen LogP contribution in [0, 0.1) is 43.3 Å². The van der Waals surface area contributed by atoms with E-state index in [1.54, 1.807) is 23.5 Å². The van der Waals surface area contributed by atoms with Crippen molar-refractivity contribution in [2.24, 2.45) is 43.3 Å². The third-order valence-corrected chi connectivity index (χ3v) is 20.6. The Hall–Kier alpha value is -6.82. The summed E-state index contributed by atoms with van der Waals surface area (Å²) < 4.78 is 32.0. The Morgan fingerprint density at radius 2 is 0.609 bits per heavy atom. The largest absolute Gasteiger partial charge is 0.464 e. The summed E-state index contributed by atoms with van der Waals surface area (Å²) in [6, 6.07) is 36.6. The molecule has 138 heavy (non-hydrogen) atoms. The molecule has 4 rings (SSSR count). The van der Waals surface area contributed by atoms with Crippen LogP contribution >= 0.6 is 23.5 Å². The van der Waals surface area contributed by atoms with Gasteiger partial charge in [0, 0.05) is 92.5 Å². The molecule has 0 aliphatic heterocycles. The highest BCUT2D eigenvalue weighted by molar-refractivity contribution is 7.99. The van der Waals surface area contributed by atoms with Gasteiger partial charge in [-0.15, -0.1) is 23.5 Å². The van der Waals surface area contributed by atoms with Crippen LogP contribution in [0.15, 0.2) is 109 Å². The third kappa shape index (κ3) is 85.9. The maximum Gasteiger partial charge on any atom is 0.311 e. The minimum atomic E-state index is -0.496. The number of thioether (sulfide) groups is 2. The number of ketones is 2. The number of Topliss-reactive ketones (excluding diaryl/α,β-unsaturated/α-hetero) is 2. The zero-order valence-electron chi connectivity index (χ0n) is 96.8. The fourth-order valence-corrected chi connectivity index (χ4v) is 13.0. The third-order valence-electron chi connectivity index (χ3n) is 18.3. The lowest BCUT2D eigenvalue weighted by molar-refractivity contribution is -0.156. The van der Waals surface area contributed by atoms with Gasteiger partial charge in [0.05, 0.1) is 33.8 Å². The van der Waals surface area contributed by atoms with Crippen LogP contribution in [-0.2, 0) is 80.0 Å². The molecular formula is C116H206N6O14S2. The van der Waals surface area contributed by atoms with Crippen molar-refractivity contribution in [3.05, 3.63) is 131 Å². The number of benzene rings is 4. The zero-order valence-corrected chi connectivity index (χ0v) is 98.4. The lowest BCUT2D eigenvalue weighted by atomic mass is 9.84. The van der Waals surface area contributed by atoms with Crippen LogP contribution in [0.1, 0.15) is 430 Å². The molecule has 4 aromatic carbocycles. The van der Waals surface area contributed by atoms with Crippen LogP contribution < -0.4 is 31.9 Å². The molecule has 6 N–H and O–H groups in total. The monoisotopic (exact) mass is 1970 g/mol. The van der Waals surface area contributed by atoms with Crippen molar-refractivity contribution in [3.63, 3.8) is 0 Å². The number of anilines is 2. The predicted molar refractivity (Wildman–Crippen MR) is 589 cm³/mol. The number of ether oxygens (including phenoxy) is 6. The highest BCUT2D eigenvalue weighted by Crippen LogP contribution is 2.33. The number of nitrogens with one attached hydrogen (secondary N) is 6. The molecule has 0 saturated heterocycles. The van der Waals surface area contributed by atoms with Gasteiger partial charge in [0.15, 0.2) is 0 Å². The summed E-state index contributed by atoms with van der Waals surface area (Å²) in [5.41, 5.74) is 4.86. The van der Waals surface area contributed by atoms with E-state index in [-0.39, 0.29) is 102 Å². The number of hydrogen-bond donors (Lipinski definition) is 6. The smallest absolute Gasteiger partial charge is 0.311 e. The van der Waals surface area contributed by atoms with Gasteiger partial charge in [-0.25, -0.2) is 0 Å². The molecule has 0 radical (unpaired) electrons. The maximum atomic E-state index is 12.3. The van der Waals surface area contributed by atoms with Gasteiger partial charge in [0.25, 0.3) is 0 Å². The van der Waals surface area contributed by atoms with Crippen LogP contribution in [0.25, 0.3) is 0 Å². The number of hydrogen-bond acceptors (Lipinski definition) is 21. The van der Waals surface area contributed by atoms with E-state index in [1.807, 2.05) is 239 Å². The van der Waals surface area contributed by atoms with Gasteiger partial charge in [-0.1, -0.05) is 189 Å². The van der Waals surface area contributed by atoms with Gasteiger partial charge < -0.3 is 55.0 Å². The first kappa shape index (κ1) is 137. The molecule has 0 aromatic heterocycles. The normalized spacial score (nSPS) is 12.9. The number of rotatable bonds is 32. The highest BCUT2D eigenvalue weighted by atomic mass is 32.2. The van der Waals surface area contributed by atoms with Crippen LogP contribution in [0.3, 0.4) is 0 Å². The van der Waals surface area contributed by atoms with Crippen LogP contribution in [0.2, 0.25) is 0 Å². The molecule has 0 heterocycles. The standard InChI is InChI=1S/C19H29NO3S.C18H29NO2S.C16H25NO2.C15H25NO.2C12H25NO2.2C12H24O/c1-18(2,3)16(21)20-15(14-10-8-7-9-11-14)24-13-12-23-17(22)19(4,5)6;1-17(2,3)16(20)21-12-13-22-15(19-18(4,5)6)14-10-8-7-9-11-14;1-15(2,3)14(18)19-11-12-7-9-13(10-8-12)17-16(4,5)6;1-14(2,3)16-13-9-7-12(8-10-13)11-17-15(4,5)6;2*1-11(2,3)13-9-7-8-10(14)15-12(4,5)6;2*1-11(2,3)9-7-8-10(13)12(4,5)6/h7-11,15H,12-13H2,1-6H3,(H,20,21);7-11,15,19H,12-13H2,1-6H3;7-10,17H,11H2,1-6H3;7-10,16H,11H2,1-6H3;2*13H,7-9H2,1-6H3;2*7-9H2,1-6H3. The molecule has 20 nitrogen and oxygen atoms in total. The molecule has 2 atom stereocenters. The van der Waals surface area contributed by atoms with Crippen molar-refractivity contribution in [3.8, 4) is 0 Å². The van der Waals surface area contributed by atoms with Gasteiger partial charge in [0.1, 0.15) is 48.0 Å². The Labute approximate surface area is 853 Å². The fraction of sp³-hybridized carbons (Fsp3) is 0.724. The first-order chi connectivity index (χ1) is 61.8. The highest BCUT2D eigenvalue weighted by Gasteiger charge is 2.31. The molecule has 2 unspecified atom stereocenters. The summed E-state index contributed by atoms with van der Waals surface area (Å²) in [6.07, 6.45) is 8.42. The van der Waals surface area contributed by atoms with E-state index in [1.165, 1.54) is 11.1 Å². The van der Waals surface area contributed by atoms with E-state index in [0.717, 1.165) is 92.7 Å². The summed E-state index contributed by atoms with van der Waals surface area (Å²) in [5, 5.41) is 20.2. The predicted octanol–water partition coefficient (Wildman–Crippen LogP) is 29.4. The number of amides is 1. The molecule has 0 aliphatic carbocycles. The Morgan fingerprint density at radius 3 is 0.877 bits per heavy atom. The second-order valence-corrected chi connectivity index (χ2v) is 54.9. The minimum Gasteiger partial charge on any atom is -0.464 e. The van der Waals surface area contributed by atoms with Gasteiger partial charge in [-0.3, -0.25) is 43.7 Å². The van der Waals surface area contributed by atoms with E-state index in [4.69, 9.17) is 28.4 Å². The number of carbonyl (C=O) groups is 8. The summed E-state index contributed by atoms with van der Waals surface area (Å²) >= 11 is 3.33. The van der Waals surface area contributed by atoms with E-state index in [0.29, 0.717) is 67.4 Å². The molecular weight excluding hydrogens is 1770 g/mol. The molecule has 22 heteroatoms. The summed E-state index contributed by atoms with van der Waals surface area (Å²) in [5.74, 6) is 1.40. The van der Waals surface area contributed by atoms with E-state index < -0.39 is 21.7 Å². The molecule has 1 amide bonds. The second kappa shape index (κ2) is 62.0. The lowest BCUT2D eigenvalue weighted by Crippen LogP contribution is -2.37. The molecule has 0 fully saturated rings. The first-order valence-electron chi connectivity index (χ1n) is 50.1. The first-order valence-corrected chi connectivity index (χ1v) is 52.2. The fourth-order valence-electron chi connectivity index (χ4n) is 10.8. The second-order valence-electron chi connectivity index (χ2n) is 52.5. The Morgan fingerprint density at radius 1 is 0.304 bits per heavy atom. The number of carbonyl (C=O) groups excluding carboxylic acids is 8. The van der Waals surface area contributed by atoms with Crippen molar-refractivity contribution in [1.29, 1.82) is 0 Å². The molecule has 0 saturated carbocycles. The quantitative estimate of drug-likeness (QED) is 0.0115. The van der Waals surface area contributed by atoms with Crippen LogP contribution in [0.4, 0.5) is 11.4 Å². The van der Waals surface area contributed by atoms with E-state index >= 15 is 0 Å². The molecule has 4 aromatic rings. The average molecular weight is 1970 g/mol. The van der Waals surface area contributed by atoms with Gasteiger partial charge >= 0.3 is 29.8 Å². The zero-order chi connectivity index (χ0) is 109. The summed E-state index contributed by atoms with van der Waals surface area (Å²) in [4.78, 5) is 93.3. The SMILES string of the molecule is CC(C)(C)C(=O)NC(SCCOC(=O)C(C)(C)C)c1ccccc1.CC(C)(C)CCCC(=O)C(C)(C)C.CC(C)(C)CCCC(=O)C(C)(C)C.CC(C)(C)NC(SCCOC(=O)C(C)(C)C)c1ccccc1.CC(C)(C)NCCCC(=O)OC(C)(C)C.CC(C)(C)NCCCC(=O)OC(C)(C)C.CC(C)(C)Nc1ccc(COC(=O)C(C)(C)C)cc1.CC(C)(C)Nc1ccc(COC(C)(C)C)cc1. The van der Waals surface area contributed by atoms with Gasteiger partial charge in [-0.2, -0.15) is 0 Å². The lowest BCUT2D eigenvalue weighted by Gasteiger charge is -2.28. The van der Waals surface area contributed by atoms with Crippen molar-refractivity contribution < 1.29 is 66.8 Å².